The first-order chi connectivity index (χ1) is 7.18. The van der Waals surface area contributed by atoms with Gasteiger partial charge in [-0.05, 0) is 19.1 Å². The lowest BCUT2D eigenvalue weighted by Crippen LogP contribution is -2.29. The normalized spacial score (nSPS) is 12.9. The van der Waals surface area contributed by atoms with Gasteiger partial charge in [0.1, 0.15) is 0 Å². The Morgan fingerprint density at radius 1 is 1.47 bits per heavy atom. The van der Waals surface area contributed by atoms with Crippen LogP contribution >= 0.6 is 0 Å². The highest BCUT2D eigenvalue weighted by Crippen LogP contribution is 2.04. The van der Waals surface area contributed by atoms with Gasteiger partial charge in [-0.25, -0.2) is 4.98 Å². The minimum atomic E-state index is -0.0503. The summed E-state index contributed by atoms with van der Waals surface area (Å²) in [6, 6.07) is 7.26. The number of fused-ring (bicyclic) bond motifs is 1. The molecule has 2 aromatic rings. The molecule has 0 spiro atoms. The van der Waals surface area contributed by atoms with Crippen molar-refractivity contribution in [2.24, 2.45) is 5.73 Å². The lowest BCUT2D eigenvalue weighted by atomic mass is 10.2. The van der Waals surface area contributed by atoms with E-state index in [9.17, 15) is 4.79 Å². The lowest BCUT2D eigenvalue weighted by molar-refractivity contribution is 0.570. The predicted molar refractivity (Wildman–Crippen MR) is 59.7 cm³/mol. The number of hydrogen-bond acceptors (Lipinski definition) is 3. The fourth-order valence-corrected chi connectivity index (χ4v) is 1.55. The molecular weight excluding hydrogens is 190 g/mol. The molecule has 2 rings (SSSR count). The second-order valence-corrected chi connectivity index (χ2v) is 3.70. The van der Waals surface area contributed by atoms with E-state index in [2.05, 4.69) is 4.98 Å². The zero-order valence-electron chi connectivity index (χ0n) is 8.55. The number of hydrogen-bond donors (Lipinski definition) is 1. The fraction of sp³-hybridized carbons (Fsp3) is 0.273. The summed E-state index contributed by atoms with van der Waals surface area (Å²) in [4.78, 5) is 16.1. The zero-order chi connectivity index (χ0) is 10.8. The molecule has 78 valence electrons. The molecule has 15 heavy (non-hydrogen) atoms. The number of nitrogens with two attached hydrogens (primary N) is 1. The van der Waals surface area contributed by atoms with Gasteiger partial charge in [-0.15, -0.1) is 0 Å². The molecule has 0 saturated carbocycles. The van der Waals surface area contributed by atoms with Gasteiger partial charge in [0.25, 0.3) is 5.56 Å². The molecule has 4 heteroatoms. The van der Waals surface area contributed by atoms with Crippen molar-refractivity contribution in [3.63, 3.8) is 0 Å². The van der Waals surface area contributed by atoms with Crippen LogP contribution in [0.25, 0.3) is 10.9 Å². The molecule has 0 aliphatic rings. The Kier molecular flexibility index (Phi) is 2.51. The Labute approximate surface area is 87.4 Å². The fourth-order valence-electron chi connectivity index (χ4n) is 1.55. The molecule has 0 fully saturated rings. The van der Waals surface area contributed by atoms with Gasteiger partial charge in [-0.2, -0.15) is 0 Å². The van der Waals surface area contributed by atoms with E-state index in [0.717, 1.165) is 5.52 Å². The molecule has 0 bridgehead atoms. The average molecular weight is 203 g/mol. The van der Waals surface area contributed by atoms with Crippen molar-refractivity contribution in [1.82, 2.24) is 9.55 Å². The Balaban J connectivity index is 2.60. The van der Waals surface area contributed by atoms with Crippen molar-refractivity contribution in [2.45, 2.75) is 19.5 Å². The van der Waals surface area contributed by atoms with E-state index in [1.54, 1.807) is 17.0 Å². The molecule has 0 saturated heterocycles. The van der Waals surface area contributed by atoms with Gasteiger partial charge in [0.15, 0.2) is 0 Å². The van der Waals surface area contributed by atoms with E-state index in [4.69, 9.17) is 5.73 Å². The van der Waals surface area contributed by atoms with E-state index in [1.165, 1.54) is 0 Å². The van der Waals surface area contributed by atoms with Crippen LogP contribution in [0.2, 0.25) is 0 Å². The minimum absolute atomic E-state index is 0.0297. The molecular formula is C11H13N3O. The summed E-state index contributed by atoms with van der Waals surface area (Å²) in [5.41, 5.74) is 6.35. The first-order valence-corrected chi connectivity index (χ1v) is 4.88. The van der Waals surface area contributed by atoms with Crippen LogP contribution in [0.15, 0.2) is 35.4 Å². The number of nitrogens with zero attached hydrogens (tertiary/aromatic N) is 2. The Bertz CT molecular complexity index is 531. The SMILES string of the molecule is C[C@@H](N)Cn1cnc2ccccc2c1=O. The molecule has 0 aliphatic heterocycles. The molecule has 1 atom stereocenters. The average Bonchev–Trinajstić information content (AvgIpc) is 2.22. The third-order valence-corrected chi connectivity index (χ3v) is 2.22. The smallest absolute Gasteiger partial charge is 0.261 e. The van der Waals surface area contributed by atoms with Crippen molar-refractivity contribution in [1.29, 1.82) is 0 Å². The van der Waals surface area contributed by atoms with Crippen molar-refractivity contribution >= 4 is 10.9 Å². The molecule has 0 aliphatic carbocycles. The van der Waals surface area contributed by atoms with E-state index in [1.807, 2.05) is 25.1 Å². The van der Waals surface area contributed by atoms with Crippen molar-refractivity contribution in [2.75, 3.05) is 0 Å². The van der Waals surface area contributed by atoms with Crippen molar-refractivity contribution in [3.05, 3.63) is 40.9 Å². The van der Waals surface area contributed by atoms with Crippen LogP contribution in [0, 0.1) is 0 Å². The van der Waals surface area contributed by atoms with Crippen LogP contribution in [0.3, 0.4) is 0 Å². The van der Waals surface area contributed by atoms with Crippen LogP contribution in [0.4, 0.5) is 0 Å². The van der Waals surface area contributed by atoms with E-state index >= 15 is 0 Å². The molecule has 1 heterocycles. The van der Waals surface area contributed by atoms with Crippen molar-refractivity contribution in [3.8, 4) is 0 Å². The highest BCUT2D eigenvalue weighted by atomic mass is 16.1. The monoisotopic (exact) mass is 203 g/mol. The van der Waals surface area contributed by atoms with E-state index in [-0.39, 0.29) is 11.6 Å². The van der Waals surface area contributed by atoms with Crippen LogP contribution in [0.5, 0.6) is 0 Å². The molecule has 0 amide bonds. The third-order valence-electron chi connectivity index (χ3n) is 2.22. The highest BCUT2D eigenvalue weighted by molar-refractivity contribution is 5.76. The van der Waals surface area contributed by atoms with Gasteiger partial charge >= 0.3 is 0 Å². The quantitative estimate of drug-likeness (QED) is 0.783. The molecule has 0 unspecified atom stereocenters. The number of rotatable bonds is 2. The van der Waals surface area contributed by atoms with E-state index < -0.39 is 0 Å². The van der Waals surface area contributed by atoms with Gasteiger partial charge in [0.05, 0.1) is 17.2 Å². The summed E-state index contributed by atoms with van der Waals surface area (Å²) < 4.78 is 1.55. The minimum Gasteiger partial charge on any atom is -0.326 e. The highest BCUT2D eigenvalue weighted by Gasteiger charge is 2.04. The molecule has 1 aromatic heterocycles. The van der Waals surface area contributed by atoms with Crippen LogP contribution in [-0.2, 0) is 6.54 Å². The number of para-hydroxylation sites is 1. The first kappa shape index (κ1) is 9.86. The van der Waals surface area contributed by atoms with Gasteiger partial charge in [0, 0.05) is 12.6 Å². The second kappa shape index (κ2) is 3.82. The maximum absolute atomic E-state index is 11.9. The molecule has 0 radical (unpaired) electrons. The summed E-state index contributed by atoms with van der Waals surface area (Å²) in [6.07, 6.45) is 1.55. The maximum atomic E-state index is 11.9. The summed E-state index contributed by atoms with van der Waals surface area (Å²) >= 11 is 0. The molecule has 1 aromatic carbocycles. The zero-order valence-corrected chi connectivity index (χ0v) is 8.55. The summed E-state index contributed by atoms with van der Waals surface area (Å²) in [5.74, 6) is 0. The summed E-state index contributed by atoms with van der Waals surface area (Å²) in [5, 5.41) is 0.639. The number of benzene rings is 1. The lowest BCUT2D eigenvalue weighted by Gasteiger charge is -2.08. The Hall–Kier alpha value is -1.68. The van der Waals surface area contributed by atoms with Gasteiger partial charge in [-0.1, -0.05) is 12.1 Å². The Morgan fingerprint density at radius 2 is 2.20 bits per heavy atom. The predicted octanol–water partition coefficient (Wildman–Crippen LogP) is 0.744. The second-order valence-electron chi connectivity index (χ2n) is 3.70. The standard InChI is InChI=1S/C11H13N3O/c1-8(12)6-14-7-13-10-5-3-2-4-9(10)11(14)15/h2-5,7-8H,6,12H2,1H3/t8-/m1/s1. The van der Waals surface area contributed by atoms with E-state index in [0.29, 0.717) is 11.9 Å². The van der Waals surface area contributed by atoms with Crippen LogP contribution in [-0.4, -0.2) is 15.6 Å². The van der Waals surface area contributed by atoms with Gasteiger partial charge in [-0.3, -0.25) is 9.36 Å². The van der Waals surface area contributed by atoms with Gasteiger partial charge in [0.2, 0.25) is 0 Å². The Morgan fingerprint density at radius 3 is 2.93 bits per heavy atom. The first-order valence-electron chi connectivity index (χ1n) is 4.88. The largest absolute Gasteiger partial charge is 0.326 e. The van der Waals surface area contributed by atoms with Gasteiger partial charge < -0.3 is 5.73 Å². The third kappa shape index (κ3) is 1.89. The van der Waals surface area contributed by atoms with Crippen molar-refractivity contribution < 1.29 is 0 Å². The van der Waals surface area contributed by atoms with Crippen LogP contribution in [0.1, 0.15) is 6.92 Å². The molecule has 2 N–H and O–H groups in total. The summed E-state index contributed by atoms with van der Waals surface area (Å²) in [7, 11) is 0. The molecule has 4 nitrogen and oxygen atoms in total. The maximum Gasteiger partial charge on any atom is 0.261 e. The number of aromatic nitrogens is 2. The van der Waals surface area contributed by atoms with Crippen LogP contribution < -0.4 is 11.3 Å². The summed E-state index contributed by atoms with van der Waals surface area (Å²) in [6.45, 7) is 2.36. The topological polar surface area (TPSA) is 60.9 Å².